The topological polar surface area (TPSA) is 98.4 Å². The number of halogens is 1. The fourth-order valence-electron chi connectivity index (χ4n) is 3.11. The van der Waals surface area contributed by atoms with Crippen molar-refractivity contribution in [3.63, 3.8) is 0 Å². The molecule has 0 spiro atoms. The number of carbonyl (C=O) groups excluding carboxylic acids is 2. The summed E-state index contributed by atoms with van der Waals surface area (Å²) in [5, 5.41) is 9.69. The number of nitrogens with zero attached hydrogens (tertiary/aromatic N) is 2. The van der Waals surface area contributed by atoms with E-state index in [9.17, 15) is 9.59 Å². The molecule has 2 aromatic carbocycles. The summed E-state index contributed by atoms with van der Waals surface area (Å²) in [6, 6.07) is 18.1. The van der Waals surface area contributed by atoms with Crippen LogP contribution >= 0.6 is 15.9 Å². The zero-order valence-corrected chi connectivity index (χ0v) is 19.3. The van der Waals surface area contributed by atoms with Gasteiger partial charge in [0.2, 0.25) is 0 Å². The number of anilines is 1. The molecular formula is C24H21BrN4O4. The van der Waals surface area contributed by atoms with E-state index in [0.717, 1.165) is 15.8 Å². The highest BCUT2D eigenvalue weighted by Crippen LogP contribution is 2.19. The minimum Gasteiger partial charge on any atom is -0.489 e. The number of hydrogen-bond donors (Lipinski definition) is 2. The lowest BCUT2D eigenvalue weighted by Crippen LogP contribution is -2.25. The molecule has 0 aliphatic carbocycles. The predicted octanol–water partition coefficient (Wildman–Crippen LogP) is 4.54. The van der Waals surface area contributed by atoms with Crippen LogP contribution < -0.4 is 15.4 Å². The predicted molar refractivity (Wildman–Crippen MR) is 126 cm³/mol. The van der Waals surface area contributed by atoms with Crippen molar-refractivity contribution in [2.75, 3.05) is 5.32 Å². The number of hydrogen-bond acceptors (Lipinski definition) is 5. The van der Waals surface area contributed by atoms with Crippen molar-refractivity contribution in [2.45, 2.75) is 13.2 Å². The number of ether oxygens (including phenoxy) is 1. The van der Waals surface area contributed by atoms with Gasteiger partial charge in [0.15, 0.2) is 5.69 Å². The van der Waals surface area contributed by atoms with Gasteiger partial charge in [0, 0.05) is 23.3 Å². The van der Waals surface area contributed by atoms with E-state index in [4.69, 9.17) is 9.15 Å². The Kier molecular flexibility index (Phi) is 6.89. The van der Waals surface area contributed by atoms with Gasteiger partial charge in [0.1, 0.15) is 18.1 Å². The van der Waals surface area contributed by atoms with Crippen LogP contribution in [-0.4, -0.2) is 21.6 Å². The fraction of sp³-hybridized carbons (Fsp3) is 0.125. The molecule has 0 saturated carbocycles. The quantitative estimate of drug-likeness (QED) is 0.364. The first kappa shape index (κ1) is 22.3. The van der Waals surface area contributed by atoms with Crippen LogP contribution in [0.1, 0.15) is 32.2 Å². The van der Waals surface area contributed by atoms with E-state index in [-0.39, 0.29) is 18.1 Å². The molecule has 2 N–H and O–H groups in total. The number of carbonyl (C=O) groups is 2. The summed E-state index contributed by atoms with van der Waals surface area (Å²) in [5.41, 5.74) is 1.72. The maximum Gasteiger partial charge on any atom is 0.274 e. The normalized spacial score (nSPS) is 10.6. The van der Waals surface area contributed by atoms with Crippen LogP contribution in [0.25, 0.3) is 0 Å². The Labute approximate surface area is 198 Å². The second-order valence-corrected chi connectivity index (χ2v) is 8.14. The van der Waals surface area contributed by atoms with Crippen LogP contribution in [-0.2, 0) is 20.2 Å². The lowest BCUT2D eigenvalue weighted by atomic mass is 10.1. The molecule has 0 bridgehead atoms. The molecule has 4 aromatic rings. The first-order chi connectivity index (χ1) is 16.0. The third-order valence-electron chi connectivity index (χ3n) is 4.70. The molecule has 0 atom stereocenters. The van der Waals surface area contributed by atoms with E-state index >= 15 is 0 Å². The van der Waals surface area contributed by atoms with Crippen LogP contribution in [0.15, 0.2) is 82.0 Å². The van der Waals surface area contributed by atoms with E-state index in [0.29, 0.717) is 23.6 Å². The maximum absolute atomic E-state index is 12.9. The van der Waals surface area contributed by atoms with Crippen molar-refractivity contribution in [3.8, 4) is 5.75 Å². The molecule has 9 heteroatoms. The number of benzene rings is 2. The first-order valence-electron chi connectivity index (χ1n) is 10.1. The highest BCUT2D eigenvalue weighted by Gasteiger charge is 2.19. The SMILES string of the molecule is Cn1cc(NC(=O)c2cccc(COc3ccc(Br)cc3)c2)c(C(=O)NCc2ccco2)n1. The van der Waals surface area contributed by atoms with Gasteiger partial charge in [-0.25, -0.2) is 0 Å². The molecule has 4 rings (SSSR count). The largest absolute Gasteiger partial charge is 0.489 e. The van der Waals surface area contributed by atoms with Gasteiger partial charge in [-0.3, -0.25) is 14.3 Å². The number of nitrogens with one attached hydrogen (secondary N) is 2. The molecule has 2 amide bonds. The van der Waals surface area contributed by atoms with Crippen molar-refractivity contribution in [3.05, 3.63) is 100 Å². The smallest absolute Gasteiger partial charge is 0.274 e. The van der Waals surface area contributed by atoms with Crippen LogP contribution in [0.3, 0.4) is 0 Å². The lowest BCUT2D eigenvalue weighted by molar-refractivity contribution is 0.0943. The third-order valence-corrected chi connectivity index (χ3v) is 5.23. The molecule has 0 radical (unpaired) electrons. The summed E-state index contributed by atoms with van der Waals surface area (Å²) in [5.74, 6) is 0.577. The van der Waals surface area contributed by atoms with Gasteiger partial charge in [0.05, 0.1) is 18.5 Å². The van der Waals surface area contributed by atoms with E-state index in [1.165, 1.54) is 10.9 Å². The molecule has 0 unspecified atom stereocenters. The summed E-state index contributed by atoms with van der Waals surface area (Å²) < 4.78 is 13.4. The standard InChI is InChI=1S/C24H21BrN4O4/c1-29-14-21(22(28-29)24(31)26-13-20-6-3-11-32-20)27-23(30)17-5-2-4-16(12-17)15-33-19-9-7-18(25)8-10-19/h2-12,14H,13,15H2,1H3,(H,26,31)(H,27,30). The minimum absolute atomic E-state index is 0.118. The van der Waals surface area contributed by atoms with E-state index in [2.05, 4.69) is 31.7 Å². The second-order valence-electron chi connectivity index (χ2n) is 7.22. The Morgan fingerprint density at radius 1 is 1.09 bits per heavy atom. The third kappa shape index (κ3) is 5.89. The zero-order chi connectivity index (χ0) is 23.2. The zero-order valence-electron chi connectivity index (χ0n) is 17.7. The Hall–Kier alpha value is -3.85. The molecule has 168 valence electrons. The molecule has 33 heavy (non-hydrogen) atoms. The maximum atomic E-state index is 12.9. The van der Waals surface area contributed by atoms with Crippen LogP contribution in [0.2, 0.25) is 0 Å². The van der Waals surface area contributed by atoms with Gasteiger partial charge in [0.25, 0.3) is 11.8 Å². The summed E-state index contributed by atoms with van der Waals surface area (Å²) in [4.78, 5) is 25.5. The fourth-order valence-corrected chi connectivity index (χ4v) is 3.37. The van der Waals surface area contributed by atoms with Gasteiger partial charge in [-0.1, -0.05) is 28.1 Å². The summed E-state index contributed by atoms with van der Waals surface area (Å²) in [6.45, 7) is 0.534. The summed E-state index contributed by atoms with van der Waals surface area (Å²) in [6.07, 6.45) is 3.12. The number of amides is 2. The lowest BCUT2D eigenvalue weighted by Gasteiger charge is -2.09. The molecule has 2 heterocycles. The van der Waals surface area contributed by atoms with Gasteiger partial charge in [-0.15, -0.1) is 0 Å². The number of rotatable bonds is 8. The van der Waals surface area contributed by atoms with E-state index < -0.39 is 5.91 Å². The van der Waals surface area contributed by atoms with Crippen LogP contribution in [0, 0.1) is 0 Å². The Morgan fingerprint density at radius 2 is 1.91 bits per heavy atom. The average molecular weight is 509 g/mol. The molecular weight excluding hydrogens is 488 g/mol. The van der Waals surface area contributed by atoms with E-state index in [1.54, 1.807) is 43.6 Å². The summed E-state index contributed by atoms with van der Waals surface area (Å²) >= 11 is 3.39. The van der Waals surface area contributed by atoms with Crippen molar-refractivity contribution < 1.29 is 18.7 Å². The average Bonchev–Trinajstić information content (AvgIpc) is 3.47. The number of aromatic nitrogens is 2. The Bertz CT molecular complexity index is 1250. The second kappa shape index (κ2) is 10.2. The molecule has 0 fully saturated rings. The van der Waals surface area contributed by atoms with Crippen LogP contribution in [0.4, 0.5) is 5.69 Å². The van der Waals surface area contributed by atoms with Crippen molar-refractivity contribution in [1.82, 2.24) is 15.1 Å². The highest BCUT2D eigenvalue weighted by atomic mass is 79.9. The Morgan fingerprint density at radius 3 is 2.67 bits per heavy atom. The van der Waals surface area contributed by atoms with Gasteiger partial charge < -0.3 is 19.8 Å². The van der Waals surface area contributed by atoms with Gasteiger partial charge >= 0.3 is 0 Å². The van der Waals surface area contributed by atoms with Crippen molar-refractivity contribution >= 4 is 33.4 Å². The van der Waals surface area contributed by atoms with Gasteiger partial charge in [-0.2, -0.15) is 5.10 Å². The van der Waals surface area contributed by atoms with Crippen LogP contribution in [0.5, 0.6) is 5.75 Å². The molecule has 0 saturated heterocycles. The summed E-state index contributed by atoms with van der Waals surface area (Å²) in [7, 11) is 1.68. The molecule has 2 aromatic heterocycles. The monoisotopic (exact) mass is 508 g/mol. The van der Waals surface area contributed by atoms with Crippen molar-refractivity contribution in [1.29, 1.82) is 0 Å². The Balaban J connectivity index is 1.41. The highest BCUT2D eigenvalue weighted by molar-refractivity contribution is 9.10. The molecule has 0 aliphatic heterocycles. The number of furan rings is 1. The first-order valence-corrected chi connectivity index (χ1v) is 10.9. The number of aryl methyl sites for hydroxylation is 1. The van der Waals surface area contributed by atoms with Crippen molar-refractivity contribution in [2.24, 2.45) is 7.05 Å². The molecule has 0 aliphatic rings. The molecule has 8 nitrogen and oxygen atoms in total. The van der Waals surface area contributed by atoms with Gasteiger partial charge in [-0.05, 0) is 54.1 Å². The van der Waals surface area contributed by atoms with E-state index in [1.807, 2.05) is 30.3 Å². The minimum atomic E-state index is -0.418.